The Bertz CT molecular complexity index is 1390. The van der Waals surface area contributed by atoms with Crippen LogP contribution in [0.2, 0.25) is 0 Å². The lowest BCUT2D eigenvalue weighted by molar-refractivity contribution is -0.188. The van der Waals surface area contributed by atoms with E-state index in [1.165, 1.54) is 25.1 Å². The summed E-state index contributed by atoms with van der Waals surface area (Å²) in [5.74, 6) is -9.84. The minimum Gasteiger partial charge on any atom is -0.508 e. The van der Waals surface area contributed by atoms with E-state index in [9.17, 15) is 39.6 Å². The summed E-state index contributed by atoms with van der Waals surface area (Å²) in [4.78, 5) is 55.3. The predicted molar refractivity (Wildman–Crippen MR) is 145 cm³/mol. The van der Waals surface area contributed by atoms with Gasteiger partial charge < -0.3 is 30.9 Å². The highest BCUT2D eigenvalue weighted by Crippen LogP contribution is 2.57. The van der Waals surface area contributed by atoms with Crippen molar-refractivity contribution in [3.63, 3.8) is 0 Å². The number of esters is 1. The Morgan fingerprint density at radius 2 is 1.68 bits per heavy atom. The summed E-state index contributed by atoms with van der Waals surface area (Å²) in [5, 5.41) is 45.4. The average molecular weight is 569 g/mol. The van der Waals surface area contributed by atoms with E-state index in [0.717, 1.165) is 25.7 Å². The molecular formula is C30H36N2O9. The van der Waals surface area contributed by atoms with E-state index in [4.69, 9.17) is 10.5 Å². The number of Topliss-reactive ketones (excluding diaryl/α,β-unsaturated/α-hetero) is 2. The molecule has 4 aliphatic carbocycles. The molecule has 0 saturated heterocycles. The first-order chi connectivity index (χ1) is 19.3. The molecule has 2 fully saturated rings. The summed E-state index contributed by atoms with van der Waals surface area (Å²) in [6.45, 7) is 1.74. The maximum atomic E-state index is 14.3. The molecule has 6 N–H and O–H groups in total. The van der Waals surface area contributed by atoms with Crippen LogP contribution in [0.3, 0.4) is 0 Å². The second-order valence-electron chi connectivity index (χ2n) is 11.9. The minimum absolute atomic E-state index is 0.0230. The number of amides is 1. The van der Waals surface area contributed by atoms with Gasteiger partial charge in [0.25, 0.3) is 5.91 Å². The molecule has 5 rings (SSSR count). The van der Waals surface area contributed by atoms with Gasteiger partial charge in [0.1, 0.15) is 28.9 Å². The standard InChI is InChI=1S/C30H36N2O9/c1-13-15-11-8-12-16(33)18(15)23(34)19-17(13)25(41-29(39)14-9-6-4-5-7-10-14)21-22(32(2)3)24(35)20(28(31)38)27(37)30(21,40)26(19)36/h8,11-14,17,21-22,25,33-34,37,40H,4-7,9-10H2,1-3H3,(H2,31,38)/t13-,17-,21-,22-,25-,30+/m1/s1. The fourth-order valence-corrected chi connectivity index (χ4v) is 7.43. The van der Waals surface area contributed by atoms with Gasteiger partial charge in [-0.1, -0.05) is 44.7 Å². The van der Waals surface area contributed by atoms with Crippen molar-refractivity contribution in [1.29, 1.82) is 0 Å². The van der Waals surface area contributed by atoms with Gasteiger partial charge in [-0.25, -0.2) is 0 Å². The fraction of sp³-hybridized carbons (Fsp3) is 0.533. The summed E-state index contributed by atoms with van der Waals surface area (Å²) in [7, 11) is 3.00. The number of carbonyl (C=O) groups is 4. The number of primary amides is 1. The predicted octanol–water partition coefficient (Wildman–Crippen LogP) is 2.02. The highest BCUT2D eigenvalue weighted by Gasteiger charge is 2.69. The van der Waals surface area contributed by atoms with Crippen molar-refractivity contribution < 1.29 is 44.3 Å². The van der Waals surface area contributed by atoms with Crippen LogP contribution in [0.5, 0.6) is 5.75 Å². The van der Waals surface area contributed by atoms with Crippen LogP contribution >= 0.6 is 0 Å². The van der Waals surface area contributed by atoms with Crippen LogP contribution in [-0.4, -0.2) is 80.6 Å². The number of likely N-dealkylation sites (N-methyl/N-ethyl adjacent to an activating group) is 1. The maximum Gasteiger partial charge on any atom is 0.309 e. The number of ether oxygens (including phenoxy) is 1. The molecule has 1 amide bonds. The lowest BCUT2D eigenvalue weighted by atomic mass is 9.54. The highest BCUT2D eigenvalue weighted by molar-refractivity contribution is 6.24. The van der Waals surface area contributed by atoms with Crippen LogP contribution < -0.4 is 5.73 Å². The normalized spacial score (nSPS) is 32.3. The number of benzene rings is 1. The van der Waals surface area contributed by atoms with Crippen molar-refractivity contribution >= 4 is 29.2 Å². The van der Waals surface area contributed by atoms with E-state index in [-0.39, 0.29) is 16.9 Å². The summed E-state index contributed by atoms with van der Waals surface area (Å²) in [6.07, 6.45) is 3.43. The molecule has 41 heavy (non-hydrogen) atoms. The van der Waals surface area contributed by atoms with E-state index in [2.05, 4.69) is 0 Å². The van der Waals surface area contributed by atoms with Gasteiger partial charge in [0, 0.05) is 11.5 Å². The number of nitrogens with zero attached hydrogens (tertiary/aromatic N) is 1. The second-order valence-corrected chi connectivity index (χ2v) is 11.9. The number of phenols is 1. The number of aliphatic hydroxyl groups is 3. The Morgan fingerprint density at radius 3 is 2.27 bits per heavy atom. The largest absolute Gasteiger partial charge is 0.508 e. The maximum absolute atomic E-state index is 14.3. The van der Waals surface area contributed by atoms with Gasteiger partial charge >= 0.3 is 5.97 Å². The lowest BCUT2D eigenvalue weighted by Gasteiger charge is -2.54. The van der Waals surface area contributed by atoms with Gasteiger partial charge in [-0.3, -0.25) is 24.1 Å². The third-order valence-corrected chi connectivity index (χ3v) is 9.41. The van der Waals surface area contributed by atoms with Gasteiger partial charge in [-0.2, -0.15) is 0 Å². The number of ketones is 2. The monoisotopic (exact) mass is 568 g/mol. The Kier molecular flexibility index (Phi) is 7.23. The number of hydrogen-bond acceptors (Lipinski definition) is 10. The summed E-state index contributed by atoms with van der Waals surface area (Å²) in [5.41, 5.74) is 1.64. The van der Waals surface area contributed by atoms with Crippen LogP contribution in [0.4, 0.5) is 0 Å². The first kappa shape index (κ1) is 28.8. The molecule has 0 bridgehead atoms. The number of fused-ring (bicyclic) bond motifs is 3. The molecule has 11 heteroatoms. The lowest BCUT2D eigenvalue weighted by Crippen LogP contribution is -2.71. The van der Waals surface area contributed by atoms with Crippen LogP contribution in [0.25, 0.3) is 5.76 Å². The zero-order chi connectivity index (χ0) is 30.0. The molecule has 6 atom stereocenters. The van der Waals surface area contributed by atoms with E-state index in [1.54, 1.807) is 19.1 Å². The number of phenolic OH excluding ortho intramolecular Hbond substituents is 1. The Morgan fingerprint density at radius 1 is 1.05 bits per heavy atom. The molecule has 1 aromatic carbocycles. The number of aliphatic hydroxyl groups excluding tert-OH is 2. The SMILES string of the molecule is C[C@@H]1c2cccc(O)c2C(O)=C2C(=O)[C@]3(O)C(O)=C(C(N)=O)C(=O)[C@H](N(C)C)[C@@H]3[C@H](OC(=O)C3CCCCCC3)[C@@H]21. The molecule has 2 saturated carbocycles. The van der Waals surface area contributed by atoms with Crippen molar-refractivity contribution in [3.8, 4) is 5.75 Å². The molecule has 0 unspecified atom stereocenters. The molecule has 0 aromatic heterocycles. The topological polar surface area (TPSA) is 188 Å². The summed E-state index contributed by atoms with van der Waals surface area (Å²) < 4.78 is 6.19. The van der Waals surface area contributed by atoms with Crippen molar-refractivity contribution in [3.05, 3.63) is 46.2 Å². The third-order valence-electron chi connectivity index (χ3n) is 9.41. The molecule has 11 nitrogen and oxygen atoms in total. The summed E-state index contributed by atoms with van der Waals surface area (Å²) in [6, 6.07) is 3.19. The Hall–Kier alpha value is -3.70. The third kappa shape index (κ3) is 4.16. The molecule has 0 spiro atoms. The first-order valence-electron chi connectivity index (χ1n) is 14.0. The molecule has 0 radical (unpaired) electrons. The van der Waals surface area contributed by atoms with Gasteiger partial charge in [-0.05, 0) is 44.5 Å². The van der Waals surface area contributed by atoms with Gasteiger partial charge in [0.15, 0.2) is 11.4 Å². The highest BCUT2D eigenvalue weighted by atomic mass is 16.5. The fourth-order valence-electron chi connectivity index (χ4n) is 7.43. The van der Waals surface area contributed by atoms with Gasteiger partial charge in [-0.15, -0.1) is 0 Å². The van der Waals surface area contributed by atoms with Gasteiger partial charge in [0.2, 0.25) is 5.78 Å². The smallest absolute Gasteiger partial charge is 0.309 e. The van der Waals surface area contributed by atoms with E-state index >= 15 is 0 Å². The number of nitrogens with two attached hydrogens (primary N) is 1. The number of carbonyl (C=O) groups excluding carboxylic acids is 4. The quantitative estimate of drug-likeness (QED) is 0.204. The molecule has 4 aliphatic rings. The number of aromatic hydroxyl groups is 1. The zero-order valence-corrected chi connectivity index (χ0v) is 23.3. The van der Waals surface area contributed by atoms with Crippen molar-refractivity contribution in [2.75, 3.05) is 14.1 Å². The molecule has 220 valence electrons. The minimum atomic E-state index is -2.94. The number of hydrogen-bond donors (Lipinski definition) is 5. The van der Waals surface area contributed by atoms with Gasteiger partial charge in [0.05, 0.1) is 23.4 Å². The molecule has 0 heterocycles. The zero-order valence-electron chi connectivity index (χ0n) is 23.3. The Balaban J connectivity index is 1.78. The summed E-state index contributed by atoms with van der Waals surface area (Å²) >= 11 is 0. The molecule has 0 aliphatic heterocycles. The van der Waals surface area contributed by atoms with E-state index in [1.807, 2.05) is 0 Å². The first-order valence-corrected chi connectivity index (χ1v) is 14.0. The molecular weight excluding hydrogens is 532 g/mol. The molecule has 1 aromatic rings. The van der Waals surface area contributed by atoms with E-state index < -0.39 is 82.0 Å². The second kappa shape index (κ2) is 10.3. The van der Waals surface area contributed by atoms with Crippen LogP contribution in [-0.2, 0) is 23.9 Å². The van der Waals surface area contributed by atoms with Crippen molar-refractivity contribution in [2.45, 2.75) is 69.1 Å². The average Bonchev–Trinajstić information content (AvgIpc) is 3.20. The van der Waals surface area contributed by atoms with Crippen LogP contribution in [0.15, 0.2) is 35.1 Å². The van der Waals surface area contributed by atoms with Crippen LogP contribution in [0, 0.1) is 17.8 Å². The van der Waals surface area contributed by atoms with E-state index in [0.29, 0.717) is 18.4 Å². The van der Waals surface area contributed by atoms with Crippen LogP contribution in [0.1, 0.15) is 62.5 Å². The van der Waals surface area contributed by atoms with Crippen molar-refractivity contribution in [2.24, 2.45) is 23.5 Å². The van der Waals surface area contributed by atoms with Crippen molar-refractivity contribution in [1.82, 2.24) is 4.90 Å². The Labute approximate surface area is 237 Å². The number of rotatable bonds is 4.